The van der Waals surface area contributed by atoms with E-state index in [0.717, 1.165) is 17.4 Å². The van der Waals surface area contributed by atoms with Crippen LogP contribution in [-0.4, -0.2) is 14.5 Å². The summed E-state index contributed by atoms with van der Waals surface area (Å²) in [5.41, 5.74) is 3.70. The van der Waals surface area contributed by atoms with Crippen molar-refractivity contribution < 1.29 is 5.11 Å². The molecule has 2 bridgehead atoms. The van der Waals surface area contributed by atoms with Crippen LogP contribution in [0.2, 0.25) is 0 Å². The summed E-state index contributed by atoms with van der Waals surface area (Å²) in [6.45, 7) is 0. The lowest BCUT2D eigenvalue weighted by molar-refractivity contribution is 0.0747. The lowest BCUT2D eigenvalue weighted by Crippen LogP contribution is -2.20. The third-order valence-electron chi connectivity index (χ3n) is 6.18. The van der Waals surface area contributed by atoms with Crippen LogP contribution in [0.1, 0.15) is 61.7 Å². The third kappa shape index (κ3) is 1.80. The molecule has 110 valence electrons. The maximum absolute atomic E-state index is 11.2. The zero-order chi connectivity index (χ0) is 14.0. The zero-order valence-electron chi connectivity index (χ0n) is 12.3. The van der Waals surface area contributed by atoms with Gasteiger partial charge in [0.2, 0.25) is 0 Å². The van der Waals surface area contributed by atoms with Crippen molar-refractivity contribution in [1.29, 1.82) is 0 Å². The van der Waals surface area contributed by atoms with Crippen LogP contribution in [0.3, 0.4) is 0 Å². The van der Waals surface area contributed by atoms with Gasteiger partial charge in [0, 0.05) is 11.8 Å². The van der Waals surface area contributed by atoms with Crippen molar-refractivity contribution in [3.63, 3.8) is 0 Å². The van der Waals surface area contributed by atoms with E-state index in [1.807, 2.05) is 12.5 Å². The van der Waals surface area contributed by atoms with Gasteiger partial charge in [0.1, 0.15) is 0 Å². The number of rotatable bonds is 3. The fourth-order valence-corrected chi connectivity index (χ4v) is 5.00. The highest BCUT2D eigenvalue weighted by molar-refractivity contribution is 5.59. The van der Waals surface area contributed by atoms with Gasteiger partial charge >= 0.3 is 0 Å². The summed E-state index contributed by atoms with van der Waals surface area (Å²) < 4.78 is 2.07. The van der Waals surface area contributed by atoms with Crippen molar-refractivity contribution in [1.82, 2.24) is 9.38 Å². The first-order chi connectivity index (χ1) is 10.3. The van der Waals surface area contributed by atoms with Gasteiger partial charge in [0.05, 0.1) is 24.1 Å². The second-order valence-electron chi connectivity index (χ2n) is 7.43. The Hall–Kier alpha value is -1.35. The summed E-state index contributed by atoms with van der Waals surface area (Å²) in [7, 11) is 0. The number of pyridine rings is 1. The Balaban J connectivity index is 1.61. The standard InChI is InChI=1S/C18H22N2O/c21-18(15-8-11-1-2-13(15)7-11)17-14(12-3-4-12)5-6-20-10-19-9-16(17)20/h5-6,9-13,15,18,21H,1-4,7-8H2/t11-,13?,15?,18+/m1/s1. The van der Waals surface area contributed by atoms with Crippen LogP contribution in [0.5, 0.6) is 0 Å². The summed E-state index contributed by atoms with van der Waals surface area (Å²) in [5.74, 6) is 2.78. The van der Waals surface area contributed by atoms with Crippen LogP contribution in [0.25, 0.3) is 5.52 Å². The molecule has 21 heavy (non-hydrogen) atoms. The number of aromatic nitrogens is 2. The van der Waals surface area contributed by atoms with Gasteiger partial charge in [-0.05, 0) is 67.4 Å². The minimum Gasteiger partial charge on any atom is -0.388 e. The Labute approximate surface area is 125 Å². The summed E-state index contributed by atoms with van der Waals surface area (Å²) in [4.78, 5) is 4.29. The molecule has 3 heteroatoms. The molecule has 1 N–H and O–H groups in total. The second-order valence-corrected chi connectivity index (χ2v) is 7.43. The number of fused-ring (bicyclic) bond motifs is 3. The first-order valence-electron chi connectivity index (χ1n) is 8.44. The van der Waals surface area contributed by atoms with E-state index in [0.29, 0.717) is 11.8 Å². The fourth-order valence-electron chi connectivity index (χ4n) is 5.00. The van der Waals surface area contributed by atoms with E-state index in [4.69, 9.17) is 0 Å². The molecule has 2 aromatic rings. The normalized spacial score (nSPS) is 32.9. The summed E-state index contributed by atoms with van der Waals surface area (Å²) in [5, 5.41) is 11.2. The second kappa shape index (κ2) is 4.33. The number of hydrogen-bond donors (Lipinski definition) is 1. The third-order valence-corrected chi connectivity index (χ3v) is 6.18. The highest BCUT2D eigenvalue weighted by atomic mass is 16.3. The van der Waals surface area contributed by atoms with E-state index in [2.05, 4.69) is 21.6 Å². The highest BCUT2D eigenvalue weighted by Crippen LogP contribution is 2.54. The van der Waals surface area contributed by atoms with Gasteiger partial charge in [-0.3, -0.25) is 0 Å². The number of imidazole rings is 1. The molecule has 0 saturated heterocycles. The van der Waals surface area contributed by atoms with Crippen molar-refractivity contribution in [2.75, 3.05) is 0 Å². The van der Waals surface area contributed by atoms with Crippen LogP contribution >= 0.6 is 0 Å². The van der Waals surface area contributed by atoms with Crippen molar-refractivity contribution >= 4 is 5.52 Å². The molecule has 3 nitrogen and oxygen atoms in total. The molecular weight excluding hydrogens is 260 g/mol. The Morgan fingerprint density at radius 1 is 1.19 bits per heavy atom. The molecule has 0 aliphatic heterocycles. The Bertz CT molecular complexity index is 688. The lowest BCUT2D eigenvalue weighted by atomic mass is 9.80. The van der Waals surface area contributed by atoms with E-state index in [-0.39, 0.29) is 6.10 Å². The van der Waals surface area contributed by atoms with E-state index in [9.17, 15) is 5.11 Å². The van der Waals surface area contributed by atoms with Crippen LogP contribution in [-0.2, 0) is 0 Å². The summed E-state index contributed by atoms with van der Waals surface area (Å²) >= 11 is 0. The minimum absolute atomic E-state index is 0.295. The predicted molar refractivity (Wildman–Crippen MR) is 81.1 cm³/mol. The quantitative estimate of drug-likeness (QED) is 0.932. The molecule has 0 amide bonds. The molecule has 0 spiro atoms. The van der Waals surface area contributed by atoms with Gasteiger partial charge in [-0.25, -0.2) is 4.98 Å². The van der Waals surface area contributed by atoms with E-state index < -0.39 is 0 Å². The van der Waals surface area contributed by atoms with E-state index >= 15 is 0 Å². The van der Waals surface area contributed by atoms with Gasteiger partial charge in [0.25, 0.3) is 0 Å². The predicted octanol–water partition coefficient (Wildman–Crippen LogP) is 3.68. The maximum Gasteiger partial charge on any atom is 0.0992 e. The molecule has 0 radical (unpaired) electrons. The Kier molecular flexibility index (Phi) is 2.52. The largest absolute Gasteiger partial charge is 0.388 e. The topological polar surface area (TPSA) is 37.5 Å². The lowest BCUT2D eigenvalue weighted by Gasteiger charge is -2.29. The average molecular weight is 282 g/mol. The molecule has 3 aliphatic rings. The van der Waals surface area contributed by atoms with Crippen LogP contribution in [0.15, 0.2) is 24.8 Å². The monoisotopic (exact) mass is 282 g/mol. The summed E-state index contributed by atoms with van der Waals surface area (Å²) in [6, 6.07) is 2.22. The van der Waals surface area contributed by atoms with Crippen LogP contribution in [0, 0.1) is 17.8 Å². The Morgan fingerprint density at radius 3 is 2.81 bits per heavy atom. The fraction of sp³-hybridized carbons (Fsp3) is 0.611. The SMILES string of the molecule is O[C@H](c1c(C2CC2)ccn2cncc12)C1C[C@@H]2CCC1C2. The van der Waals surface area contributed by atoms with Crippen molar-refractivity contribution in [3.8, 4) is 0 Å². The molecule has 2 aromatic heterocycles. The van der Waals surface area contributed by atoms with Gasteiger partial charge in [0.15, 0.2) is 0 Å². The number of aliphatic hydroxyl groups excluding tert-OH is 1. The molecular formula is C18H22N2O. The smallest absolute Gasteiger partial charge is 0.0992 e. The van der Waals surface area contributed by atoms with Gasteiger partial charge < -0.3 is 9.51 Å². The molecule has 3 aliphatic carbocycles. The first-order valence-corrected chi connectivity index (χ1v) is 8.44. The molecule has 2 heterocycles. The number of aliphatic hydroxyl groups is 1. The van der Waals surface area contributed by atoms with Crippen LogP contribution < -0.4 is 0 Å². The van der Waals surface area contributed by atoms with Gasteiger partial charge in [-0.1, -0.05) is 6.42 Å². The average Bonchev–Trinajstić information content (AvgIpc) is 2.93. The first kappa shape index (κ1) is 12.2. The molecule has 3 fully saturated rings. The molecule has 3 saturated carbocycles. The van der Waals surface area contributed by atoms with E-state index in [1.165, 1.54) is 49.7 Å². The summed E-state index contributed by atoms with van der Waals surface area (Å²) in [6.07, 6.45) is 13.4. The van der Waals surface area contributed by atoms with E-state index in [1.54, 1.807) is 0 Å². The molecule has 5 rings (SSSR count). The highest BCUT2D eigenvalue weighted by Gasteiger charge is 2.44. The van der Waals surface area contributed by atoms with Crippen molar-refractivity contribution in [3.05, 3.63) is 35.9 Å². The molecule has 0 aromatic carbocycles. The van der Waals surface area contributed by atoms with Crippen molar-refractivity contribution in [2.24, 2.45) is 17.8 Å². The Morgan fingerprint density at radius 2 is 2.10 bits per heavy atom. The molecule has 4 atom stereocenters. The zero-order valence-corrected chi connectivity index (χ0v) is 12.3. The molecule has 2 unspecified atom stereocenters. The number of hydrogen-bond acceptors (Lipinski definition) is 2. The minimum atomic E-state index is -0.295. The number of nitrogens with zero attached hydrogens (tertiary/aromatic N) is 2. The van der Waals surface area contributed by atoms with Crippen LogP contribution in [0.4, 0.5) is 0 Å². The van der Waals surface area contributed by atoms with Crippen molar-refractivity contribution in [2.45, 2.75) is 50.5 Å². The maximum atomic E-state index is 11.2. The van der Waals surface area contributed by atoms with Gasteiger partial charge in [-0.15, -0.1) is 0 Å². The van der Waals surface area contributed by atoms with Gasteiger partial charge in [-0.2, -0.15) is 0 Å².